The summed E-state index contributed by atoms with van der Waals surface area (Å²) in [5, 5.41) is 8.65. The number of hydrogen-bond donors (Lipinski definition) is 2. The maximum absolute atomic E-state index is 12.6. The molecule has 0 atom stereocenters. The van der Waals surface area contributed by atoms with Crippen molar-refractivity contribution in [3.8, 4) is 17.1 Å². The Morgan fingerprint density at radius 3 is 2.64 bits per heavy atom. The Kier molecular flexibility index (Phi) is 6.14. The lowest BCUT2D eigenvalue weighted by Crippen LogP contribution is -2.17. The molecule has 0 radical (unpaired) electrons. The summed E-state index contributed by atoms with van der Waals surface area (Å²) in [5.41, 5.74) is 5.14. The number of benzene rings is 3. The van der Waals surface area contributed by atoms with Gasteiger partial charge in [0.15, 0.2) is 0 Å². The Labute approximate surface area is 186 Å². The Morgan fingerprint density at radius 1 is 1.06 bits per heavy atom. The van der Waals surface area contributed by atoms with Crippen molar-refractivity contribution in [2.24, 2.45) is 0 Å². The number of alkyl halides is 3. The van der Waals surface area contributed by atoms with Crippen molar-refractivity contribution in [3.63, 3.8) is 0 Å². The molecule has 4 rings (SSSR count). The monoisotopic (exact) mass is 453 g/mol. The van der Waals surface area contributed by atoms with Gasteiger partial charge in [0.2, 0.25) is 0 Å². The number of fused-ring (bicyclic) bond motifs is 1. The molecular formula is C24H18F3N3O3. The number of amides is 1. The second-order valence-corrected chi connectivity index (χ2v) is 7.14. The fourth-order valence-corrected chi connectivity index (χ4v) is 3.47. The van der Waals surface area contributed by atoms with E-state index in [-0.39, 0.29) is 12.3 Å². The van der Waals surface area contributed by atoms with Crippen LogP contribution in [0.15, 0.2) is 78.9 Å². The van der Waals surface area contributed by atoms with Crippen LogP contribution in [0.5, 0.6) is 5.75 Å². The highest BCUT2D eigenvalue weighted by Crippen LogP contribution is 2.28. The highest BCUT2D eigenvalue weighted by atomic mass is 19.4. The molecule has 4 aromatic rings. The smallest absolute Gasteiger partial charge is 0.406 e. The minimum atomic E-state index is -4.77. The van der Waals surface area contributed by atoms with E-state index in [1.54, 1.807) is 24.3 Å². The Balaban J connectivity index is 1.74. The van der Waals surface area contributed by atoms with Crippen molar-refractivity contribution in [1.82, 2.24) is 15.0 Å². The molecule has 168 valence electrons. The number of halogens is 3. The molecule has 2 N–H and O–H groups in total. The van der Waals surface area contributed by atoms with Gasteiger partial charge in [0.25, 0.3) is 5.91 Å². The van der Waals surface area contributed by atoms with Crippen molar-refractivity contribution >= 4 is 23.0 Å². The van der Waals surface area contributed by atoms with Gasteiger partial charge in [-0.2, -0.15) is 0 Å². The number of hydroxylamine groups is 1. The second-order valence-electron chi connectivity index (χ2n) is 7.14. The zero-order valence-corrected chi connectivity index (χ0v) is 17.1. The van der Waals surface area contributed by atoms with Crippen molar-refractivity contribution in [3.05, 3.63) is 90.0 Å². The fraction of sp³-hybridized carbons (Fsp3) is 0.0833. The van der Waals surface area contributed by atoms with Gasteiger partial charge in [-0.25, -0.2) is 10.5 Å². The molecule has 0 bridgehead atoms. The standard InChI is InChI=1S/C24H18F3N3O3/c25-24(26,27)33-19-8-4-6-17(14-19)15-30-21-10-2-1-9-20(21)28-23(30)18-7-3-5-16(13-18)11-12-22(31)29-32/h1-14,32H,15H2,(H,29,31). The Morgan fingerprint density at radius 2 is 1.85 bits per heavy atom. The van der Waals surface area contributed by atoms with Gasteiger partial charge in [-0.15, -0.1) is 13.2 Å². The molecule has 33 heavy (non-hydrogen) atoms. The lowest BCUT2D eigenvalue weighted by atomic mass is 10.1. The number of aromatic nitrogens is 2. The number of carbonyl (C=O) groups excluding carboxylic acids is 1. The molecule has 0 unspecified atom stereocenters. The van der Waals surface area contributed by atoms with Crippen LogP contribution in [-0.2, 0) is 11.3 Å². The van der Waals surface area contributed by atoms with Crippen molar-refractivity contribution in [2.45, 2.75) is 12.9 Å². The number of nitrogens with one attached hydrogen (secondary N) is 1. The lowest BCUT2D eigenvalue weighted by molar-refractivity contribution is -0.274. The predicted octanol–water partition coefficient (Wildman–Crippen LogP) is 5.17. The fourth-order valence-electron chi connectivity index (χ4n) is 3.47. The van der Waals surface area contributed by atoms with Gasteiger partial charge in [0, 0.05) is 18.2 Å². The van der Waals surface area contributed by atoms with E-state index in [2.05, 4.69) is 4.74 Å². The molecule has 1 heterocycles. The van der Waals surface area contributed by atoms with Gasteiger partial charge in [-0.3, -0.25) is 10.0 Å². The number of rotatable bonds is 6. The maximum atomic E-state index is 12.6. The van der Waals surface area contributed by atoms with Crippen molar-refractivity contribution < 1.29 is 27.9 Å². The number of para-hydroxylation sites is 2. The molecule has 9 heteroatoms. The summed E-state index contributed by atoms with van der Waals surface area (Å²) >= 11 is 0. The van der Waals surface area contributed by atoms with Crippen LogP contribution in [0, 0.1) is 0 Å². The third-order valence-corrected chi connectivity index (χ3v) is 4.81. The number of hydrogen-bond acceptors (Lipinski definition) is 4. The molecule has 0 aliphatic heterocycles. The first kappa shape index (κ1) is 22.1. The number of imidazole rings is 1. The molecule has 0 saturated carbocycles. The summed E-state index contributed by atoms with van der Waals surface area (Å²) in [7, 11) is 0. The zero-order chi connectivity index (χ0) is 23.4. The molecule has 3 aromatic carbocycles. The number of nitrogens with zero attached hydrogens (tertiary/aromatic N) is 2. The minimum Gasteiger partial charge on any atom is -0.406 e. The van der Waals surface area contributed by atoms with Crippen LogP contribution in [0.1, 0.15) is 11.1 Å². The topological polar surface area (TPSA) is 76.4 Å². The van der Waals surface area contributed by atoms with Gasteiger partial charge in [0.05, 0.1) is 11.0 Å². The van der Waals surface area contributed by atoms with Gasteiger partial charge in [0.1, 0.15) is 11.6 Å². The van der Waals surface area contributed by atoms with Crippen molar-refractivity contribution in [2.75, 3.05) is 0 Å². The molecule has 0 saturated heterocycles. The van der Waals surface area contributed by atoms with Crippen LogP contribution in [0.25, 0.3) is 28.5 Å². The SMILES string of the molecule is O=C(C=Cc1cccc(-c2nc3ccccc3n2Cc2cccc(OC(F)(F)F)c2)c1)NO. The average Bonchev–Trinajstić information content (AvgIpc) is 3.15. The van der Waals surface area contributed by atoms with Crippen LogP contribution >= 0.6 is 0 Å². The molecule has 0 spiro atoms. The van der Waals surface area contributed by atoms with Crippen LogP contribution in [0.2, 0.25) is 0 Å². The Bertz CT molecular complexity index is 1330. The van der Waals surface area contributed by atoms with Crippen LogP contribution in [-0.4, -0.2) is 27.0 Å². The molecule has 0 fully saturated rings. The van der Waals surface area contributed by atoms with Gasteiger partial charge < -0.3 is 9.30 Å². The molecule has 6 nitrogen and oxygen atoms in total. The summed E-state index contributed by atoms with van der Waals surface area (Å²) in [4.78, 5) is 16.0. The molecule has 1 aromatic heterocycles. The highest BCUT2D eigenvalue weighted by molar-refractivity contribution is 5.91. The summed E-state index contributed by atoms with van der Waals surface area (Å²) in [6, 6.07) is 20.5. The quantitative estimate of drug-likeness (QED) is 0.240. The molecule has 0 aliphatic rings. The summed E-state index contributed by atoms with van der Waals surface area (Å²) < 4.78 is 43.9. The van der Waals surface area contributed by atoms with E-state index in [9.17, 15) is 18.0 Å². The van der Waals surface area contributed by atoms with E-state index in [0.29, 0.717) is 17.0 Å². The second kappa shape index (κ2) is 9.17. The third-order valence-electron chi connectivity index (χ3n) is 4.81. The van der Waals surface area contributed by atoms with Crippen molar-refractivity contribution in [1.29, 1.82) is 0 Å². The summed E-state index contributed by atoms with van der Waals surface area (Å²) in [6.07, 6.45) is -2.04. The first-order valence-electron chi connectivity index (χ1n) is 9.85. The number of ether oxygens (including phenoxy) is 1. The predicted molar refractivity (Wildman–Crippen MR) is 116 cm³/mol. The van der Waals surface area contributed by atoms with E-state index >= 15 is 0 Å². The van der Waals surface area contributed by atoms with Crippen LogP contribution < -0.4 is 10.2 Å². The third kappa shape index (κ3) is 5.39. The van der Waals surface area contributed by atoms with Gasteiger partial charge in [-0.1, -0.05) is 42.5 Å². The first-order valence-corrected chi connectivity index (χ1v) is 9.85. The van der Waals surface area contributed by atoms with Crippen LogP contribution in [0.4, 0.5) is 13.2 Å². The molecular weight excluding hydrogens is 435 g/mol. The molecule has 0 aliphatic carbocycles. The van der Waals surface area contributed by atoms with E-state index < -0.39 is 12.3 Å². The van der Waals surface area contributed by atoms with E-state index in [0.717, 1.165) is 16.6 Å². The zero-order valence-electron chi connectivity index (χ0n) is 17.1. The maximum Gasteiger partial charge on any atom is 0.573 e. The first-order chi connectivity index (χ1) is 15.8. The minimum absolute atomic E-state index is 0.262. The van der Waals surface area contributed by atoms with Gasteiger partial charge in [-0.05, 0) is 47.5 Å². The Hall–Kier alpha value is -4.11. The van der Waals surface area contributed by atoms with Crippen LogP contribution in [0.3, 0.4) is 0 Å². The summed E-state index contributed by atoms with van der Waals surface area (Å²) in [6.45, 7) is 0.262. The normalized spacial score (nSPS) is 11.8. The van der Waals surface area contributed by atoms with E-state index in [1.807, 2.05) is 41.0 Å². The lowest BCUT2D eigenvalue weighted by Gasteiger charge is -2.13. The van der Waals surface area contributed by atoms with E-state index in [1.165, 1.54) is 29.8 Å². The number of carbonyl (C=O) groups is 1. The largest absolute Gasteiger partial charge is 0.573 e. The highest BCUT2D eigenvalue weighted by Gasteiger charge is 2.31. The van der Waals surface area contributed by atoms with Gasteiger partial charge >= 0.3 is 6.36 Å². The van der Waals surface area contributed by atoms with E-state index in [4.69, 9.17) is 10.2 Å². The molecule has 1 amide bonds. The average molecular weight is 453 g/mol. The summed E-state index contributed by atoms with van der Waals surface area (Å²) in [5.74, 6) is -0.339.